The maximum absolute atomic E-state index is 12.8. The van der Waals surface area contributed by atoms with Gasteiger partial charge in [-0.1, -0.05) is 25.0 Å². The highest BCUT2D eigenvalue weighted by Crippen LogP contribution is 2.36. The lowest BCUT2D eigenvalue weighted by Gasteiger charge is -2.27. The van der Waals surface area contributed by atoms with E-state index in [1.807, 2.05) is 35.7 Å². The number of ether oxygens (including phenoxy) is 1. The first-order valence-electron chi connectivity index (χ1n) is 13.9. The second kappa shape index (κ2) is 10.6. The highest BCUT2D eigenvalue weighted by molar-refractivity contribution is 7.17. The van der Waals surface area contributed by atoms with Gasteiger partial charge in [-0.15, -0.1) is 11.3 Å². The Balaban J connectivity index is 1.18. The Morgan fingerprint density at radius 1 is 1.10 bits per heavy atom. The SMILES string of the molecule is CNC(=O)c1cc2cnc(Nc3ccc(-c4csc5c(=O)cc(N6CCOCC6)oc45)cc3)nc2n1C1CCCC1. The molecule has 0 radical (unpaired) electrons. The largest absolute Gasteiger partial charge is 0.439 e. The number of carbonyl (C=O) groups is 1. The van der Waals surface area contributed by atoms with Gasteiger partial charge in [0.2, 0.25) is 11.4 Å². The number of rotatable bonds is 6. The van der Waals surface area contributed by atoms with E-state index in [0.29, 0.717) is 54.1 Å². The summed E-state index contributed by atoms with van der Waals surface area (Å²) in [6.07, 6.45) is 6.14. The third-order valence-electron chi connectivity index (χ3n) is 7.93. The topological polar surface area (TPSA) is 115 Å². The van der Waals surface area contributed by atoms with Gasteiger partial charge in [0.25, 0.3) is 5.91 Å². The van der Waals surface area contributed by atoms with Crippen LogP contribution in [0.5, 0.6) is 0 Å². The van der Waals surface area contributed by atoms with Gasteiger partial charge in [0.15, 0.2) is 11.5 Å². The summed E-state index contributed by atoms with van der Waals surface area (Å²) in [6.45, 7) is 2.62. The van der Waals surface area contributed by atoms with Crippen LogP contribution in [0.2, 0.25) is 0 Å². The van der Waals surface area contributed by atoms with Crippen molar-refractivity contribution in [2.45, 2.75) is 31.7 Å². The van der Waals surface area contributed by atoms with E-state index in [2.05, 4.69) is 25.1 Å². The summed E-state index contributed by atoms with van der Waals surface area (Å²) in [7, 11) is 1.65. The van der Waals surface area contributed by atoms with E-state index in [1.54, 1.807) is 19.3 Å². The third kappa shape index (κ3) is 4.74. The Morgan fingerprint density at radius 3 is 2.63 bits per heavy atom. The van der Waals surface area contributed by atoms with E-state index >= 15 is 0 Å². The Morgan fingerprint density at radius 2 is 1.88 bits per heavy atom. The fraction of sp³-hybridized carbons (Fsp3) is 0.333. The van der Waals surface area contributed by atoms with Crippen molar-refractivity contribution in [3.05, 3.63) is 63.9 Å². The van der Waals surface area contributed by atoms with Gasteiger partial charge in [0.1, 0.15) is 16.0 Å². The van der Waals surface area contributed by atoms with Crippen molar-refractivity contribution < 1.29 is 13.9 Å². The van der Waals surface area contributed by atoms with Crippen molar-refractivity contribution >= 4 is 56.1 Å². The average Bonchev–Trinajstić information content (AvgIpc) is 3.76. The maximum Gasteiger partial charge on any atom is 0.267 e. The standard InChI is InChI=1S/C30H30N6O4S/c1-31-29(38)23-14-19-16-32-30(34-28(19)36(23)21-4-2-3-5-21)33-20-8-6-18(7-9-20)22-17-41-27-24(37)15-25(40-26(22)27)35-10-12-39-13-11-35/h6-9,14-17,21H,2-5,10-13H2,1H3,(H,31,38)(H,32,33,34). The maximum atomic E-state index is 12.8. The normalized spacial score (nSPS) is 16.1. The Bertz CT molecular complexity index is 1800. The van der Waals surface area contributed by atoms with Crippen LogP contribution in [0.1, 0.15) is 42.2 Å². The van der Waals surface area contributed by atoms with Crippen molar-refractivity contribution in [1.82, 2.24) is 19.9 Å². The molecule has 5 heterocycles. The lowest BCUT2D eigenvalue weighted by Crippen LogP contribution is -2.36. The minimum absolute atomic E-state index is 0.0308. The van der Waals surface area contributed by atoms with Gasteiger partial charge in [-0.05, 0) is 36.6 Å². The molecule has 0 bridgehead atoms. The fourth-order valence-corrected chi connectivity index (χ4v) is 6.75. The molecule has 41 heavy (non-hydrogen) atoms. The van der Waals surface area contributed by atoms with Crippen molar-refractivity contribution in [3.63, 3.8) is 0 Å². The molecular formula is C30H30N6O4S. The summed E-state index contributed by atoms with van der Waals surface area (Å²) in [5.74, 6) is 0.931. The first-order valence-corrected chi connectivity index (χ1v) is 14.8. The molecule has 0 atom stereocenters. The Labute approximate surface area is 240 Å². The summed E-state index contributed by atoms with van der Waals surface area (Å²) in [6, 6.07) is 11.6. The summed E-state index contributed by atoms with van der Waals surface area (Å²) < 4.78 is 14.4. The molecule has 1 aliphatic carbocycles. The van der Waals surface area contributed by atoms with E-state index in [0.717, 1.165) is 53.5 Å². The second-order valence-corrected chi connectivity index (χ2v) is 11.3. The first-order chi connectivity index (χ1) is 20.1. The fourth-order valence-electron chi connectivity index (χ4n) is 5.83. The molecule has 1 saturated carbocycles. The van der Waals surface area contributed by atoms with Crippen LogP contribution in [0, 0.1) is 0 Å². The van der Waals surface area contributed by atoms with E-state index < -0.39 is 0 Å². The number of morpholine rings is 1. The molecule has 2 N–H and O–H groups in total. The van der Waals surface area contributed by atoms with E-state index in [9.17, 15) is 9.59 Å². The molecular weight excluding hydrogens is 540 g/mol. The zero-order valence-electron chi connectivity index (χ0n) is 22.7. The number of benzene rings is 1. The minimum atomic E-state index is -0.117. The summed E-state index contributed by atoms with van der Waals surface area (Å²) in [5.41, 5.74) is 4.63. The number of thiophene rings is 1. The highest BCUT2D eigenvalue weighted by atomic mass is 32.1. The van der Waals surface area contributed by atoms with E-state index in [4.69, 9.17) is 14.1 Å². The van der Waals surface area contributed by atoms with Gasteiger partial charge in [-0.2, -0.15) is 4.98 Å². The highest BCUT2D eigenvalue weighted by Gasteiger charge is 2.25. The number of hydrogen-bond acceptors (Lipinski definition) is 9. The number of nitrogens with one attached hydrogen (secondary N) is 2. The molecule has 1 aliphatic heterocycles. The van der Waals surface area contributed by atoms with Gasteiger partial charge < -0.3 is 29.3 Å². The van der Waals surface area contributed by atoms with E-state index in [1.165, 1.54) is 11.3 Å². The third-order valence-corrected chi connectivity index (χ3v) is 8.91. The van der Waals surface area contributed by atoms with Crippen LogP contribution >= 0.6 is 11.3 Å². The van der Waals surface area contributed by atoms with Crippen LogP contribution in [0.3, 0.4) is 0 Å². The number of carbonyl (C=O) groups excluding carboxylic acids is 1. The minimum Gasteiger partial charge on any atom is -0.439 e. The number of anilines is 3. The molecule has 1 saturated heterocycles. The molecule has 2 fully saturated rings. The quantitative estimate of drug-likeness (QED) is 0.282. The molecule has 1 amide bonds. The number of hydrogen-bond donors (Lipinski definition) is 2. The van der Waals surface area contributed by atoms with Gasteiger partial charge in [0.05, 0.1) is 13.2 Å². The number of amides is 1. The van der Waals surface area contributed by atoms with Crippen LogP contribution in [0.4, 0.5) is 17.5 Å². The Kier molecular flexibility index (Phi) is 6.68. The number of fused-ring (bicyclic) bond motifs is 2. The second-order valence-electron chi connectivity index (χ2n) is 10.4. The van der Waals surface area contributed by atoms with Gasteiger partial charge in [-0.3, -0.25) is 9.59 Å². The summed E-state index contributed by atoms with van der Waals surface area (Å²) in [4.78, 5) is 36.9. The Hall–Kier alpha value is -4.22. The van der Waals surface area contributed by atoms with Crippen LogP contribution in [0.15, 0.2) is 57.2 Å². The first kappa shape index (κ1) is 25.7. The van der Waals surface area contributed by atoms with E-state index in [-0.39, 0.29) is 17.4 Å². The summed E-state index contributed by atoms with van der Waals surface area (Å²) >= 11 is 1.40. The molecule has 210 valence electrons. The molecule has 5 aromatic rings. The van der Waals surface area contributed by atoms with Crippen LogP contribution in [-0.4, -0.2) is 53.8 Å². The van der Waals surface area contributed by atoms with Crippen LogP contribution < -0.4 is 21.0 Å². The molecule has 11 heteroatoms. The van der Waals surface area contributed by atoms with Crippen molar-refractivity contribution in [2.24, 2.45) is 0 Å². The van der Waals surface area contributed by atoms with Crippen molar-refractivity contribution in [1.29, 1.82) is 0 Å². The van der Waals surface area contributed by atoms with Gasteiger partial charge >= 0.3 is 0 Å². The predicted molar refractivity (Wildman–Crippen MR) is 161 cm³/mol. The number of aromatic nitrogens is 3. The lowest BCUT2D eigenvalue weighted by molar-refractivity contribution is 0.0952. The molecule has 0 spiro atoms. The van der Waals surface area contributed by atoms with Crippen molar-refractivity contribution in [3.8, 4) is 11.1 Å². The molecule has 2 aliphatic rings. The average molecular weight is 571 g/mol. The zero-order chi connectivity index (χ0) is 27.9. The van der Waals surface area contributed by atoms with Gasteiger partial charge in [0, 0.05) is 60.5 Å². The van der Waals surface area contributed by atoms with Crippen LogP contribution in [0.25, 0.3) is 32.4 Å². The molecule has 7 rings (SSSR count). The summed E-state index contributed by atoms with van der Waals surface area (Å²) in [5, 5.41) is 8.89. The predicted octanol–water partition coefficient (Wildman–Crippen LogP) is 5.32. The smallest absolute Gasteiger partial charge is 0.267 e. The monoisotopic (exact) mass is 570 g/mol. The van der Waals surface area contributed by atoms with Crippen molar-refractivity contribution in [2.75, 3.05) is 43.6 Å². The van der Waals surface area contributed by atoms with Gasteiger partial charge in [-0.25, -0.2) is 4.98 Å². The number of nitrogens with zero attached hydrogens (tertiary/aromatic N) is 4. The molecule has 4 aromatic heterocycles. The lowest BCUT2D eigenvalue weighted by atomic mass is 10.1. The molecule has 0 unspecified atom stereocenters. The van der Waals surface area contributed by atoms with Crippen LogP contribution in [-0.2, 0) is 4.74 Å². The molecule has 10 nitrogen and oxygen atoms in total. The zero-order valence-corrected chi connectivity index (χ0v) is 23.5. The molecule has 1 aromatic carbocycles.